The third-order valence-corrected chi connectivity index (χ3v) is 2.58. The van der Waals surface area contributed by atoms with E-state index in [4.69, 9.17) is 16.2 Å². The molecule has 0 bridgehead atoms. The molecule has 0 fully saturated rings. The summed E-state index contributed by atoms with van der Waals surface area (Å²) in [5.74, 6) is -0.0728. The van der Waals surface area contributed by atoms with E-state index in [2.05, 4.69) is 0 Å². The van der Waals surface area contributed by atoms with Crippen molar-refractivity contribution in [2.45, 2.75) is 32.9 Å². The molecule has 0 heterocycles. The highest BCUT2D eigenvalue weighted by Gasteiger charge is 2.18. The Bertz CT molecular complexity index is 486. The predicted molar refractivity (Wildman–Crippen MR) is 71.6 cm³/mol. The first-order valence-electron chi connectivity index (χ1n) is 5.94. The maximum atomic E-state index is 11.5. The fourth-order valence-corrected chi connectivity index (χ4v) is 1.60. The average molecular weight is 265 g/mol. The lowest BCUT2D eigenvalue weighted by atomic mass is 10.1. The number of nitrogens with two attached hydrogens (primary N) is 2. The van der Waals surface area contributed by atoms with E-state index in [-0.39, 0.29) is 6.04 Å². The Labute approximate surface area is 112 Å². The van der Waals surface area contributed by atoms with Crippen molar-refractivity contribution in [3.05, 3.63) is 29.3 Å². The van der Waals surface area contributed by atoms with Gasteiger partial charge in [-0.2, -0.15) is 0 Å². The average Bonchev–Trinajstić information content (AvgIpc) is 2.30. The molecule has 6 heteroatoms. The molecule has 1 aromatic rings. The first-order valence-corrected chi connectivity index (χ1v) is 5.94. The maximum absolute atomic E-state index is 11.5. The van der Waals surface area contributed by atoms with Gasteiger partial charge in [0.2, 0.25) is 0 Å². The highest BCUT2D eigenvalue weighted by Crippen LogP contribution is 2.25. The number of amides is 3. The van der Waals surface area contributed by atoms with Crippen molar-refractivity contribution in [3.8, 4) is 5.75 Å². The van der Waals surface area contributed by atoms with Crippen LogP contribution in [0.4, 0.5) is 4.79 Å². The Morgan fingerprint density at radius 2 is 1.95 bits per heavy atom. The van der Waals surface area contributed by atoms with Crippen molar-refractivity contribution >= 4 is 11.9 Å². The Morgan fingerprint density at radius 3 is 2.47 bits per heavy atom. The van der Waals surface area contributed by atoms with E-state index in [1.165, 1.54) is 6.92 Å². The Hall–Kier alpha value is -2.08. The summed E-state index contributed by atoms with van der Waals surface area (Å²) in [7, 11) is 0. The second-order valence-corrected chi connectivity index (χ2v) is 4.44. The molecule has 0 aliphatic carbocycles. The molecule has 0 spiro atoms. The van der Waals surface area contributed by atoms with Crippen LogP contribution in [0.15, 0.2) is 18.2 Å². The zero-order valence-corrected chi connectivity index (χ0v) is 11.3. The number of carbonyl (C=O) groups is 2. The van der Waals surface area contributed by atoms with E-state index in [1.807, 2.05) is 31.3 Å². The van der Waals surface area contributed by atoms with Crippen LogP contribution in [0.3, 0.4) is 0 Å². The molecule has 0 saturated heterocycles. The molecule has 3 amide bonds. The number of rotatable bonds is 4. The molecule has 1 rings (SSSR count). The molecule has 0 saturated carbocycles. The minimum Gasteiger partial charge on any atom is -0.481 e. The van der Waals surface area contributed by atoms with E-state index in [1.54, 1.807) is 6.07 Å². The normalized spacial score (nSPS) is 13.5. The molecule has 0 radical (unpaired) electrons. The van der Waals surface area contributed by atoms with Crippen LogP contribution >= 0.6 is 0 Å². The van der Waals surface area contributed by atoms with Crippen molar-refractivity contribution in [1.29, 1.82) is 0 Å². The summed E-state index contributed by atoms with van der Waals surface area (Å²) in [6, 6.07) is 4.39. The molecule has 0 aromatic heterocycles. The molecule has 2 atom stereocenters. The summed E-state index contributed by atoms with van der Waals surface area (Å²) in [6.07, 6.45) is -0.840. The predicted octanol–water partition coefficient (Wildman–Crippen LogP) is 0.977. The number of hydrogen-bond acceptors (Lipinski definition) is 4. The van der Waals surface area contributed by atoms with Crippen LogP contribution in [-0.4, -0.2) is 18.0 Å². The third kappa shape index (κ3) is 4.26. The van der Waals surface area contributed by atoms with Crippen molar-refractivity contribution < 1.29 is 14.3 Å². The van der Waals surface area contributed by atoms with Crippen molar-refractivity contribution in [1.82, 2.24) is 5.32 Å². The van der Waals surface area contributed by atoms with Crippen LogP contribution in [0, 0.1) is 6.92 Å². The number of urea groups is 1. The fraction of sp³-hybridized carbons (Fsp3) is 0.385. The second kappa shape index (κ2) is 6.19. The van der Waals surface area contributed by atoms with Gasteiger partial charge in [0.05, 0.1) is 0 Å². The van der Waals surface area contributed by atoms with Crippen molar-refractivity contribution in [2.24, 2.45) is 11.5 Å². The summed E-state index contributed by atoms with van der Waals surface area (Å²) in [5, 5.41) is 1.97. The molecular weight excluding hydrogens is 246 g/mol. The highest BCUT2D eigenvalue weighted by atomic mass is 16.5. The van der Waals surface area contributed by atoms with Crippen LogP contribution in [0.25, 0.3) is 0 Å². The summed E-state index contributed by atoms with van der Waals surface area (Å²) in [4.78, 5) is 22.1. The van der Waals surface area contributed by atoms with Gasteiger partial charge in [0.15, 0.2) is 6.10 Å². The van der Waals surface area contributed by atoms with E-state index in [0.717, 1.165) is 11.1 Å². The smallest absolute Gasteiger partial charge is 0.318 e. The van der Waals surface area contributed by atoms with Crippen LogP contribution in [0.1, 0.15) is 31.0 Å². The lowest BCUT2D eigenvalue weighted by Crippen LogP contribution is -2.42. The molecular formula is C13H19N3O3. The lowest BCUT2D eigenvalue weighted by Gasteiger charge is -2.18. The number of carbonyl (C=O) groups excluding carboxylic acids is 2. The Morgan fingerprint density at radius 1 is 1.32 bits per heavy atom. The van der Waals surface area contributed by atoms with Gasteiger partial charge in [-0.15, -0.1) is 0 Å². The van der Waals surface area contributed by atoms with Gasteiger partial charge in [0.1, 0.15) is 5.75 Å². The maximum Gasteiger partial charge on any atom is 0.318 e. The molecule has 5 N–H and O–H groups in total. The summed E-state index contributed by atoms with van der Waals surface area (Å²) >= 11 is 0. The third-order valence-electron chi connectivity index (χ3n) is 2.58. The number of nitrogens with one attached hydrogen (secondary N) is 1. The monoisotopic (exact) mass is 265 g/mol. The number of primary amides is 1. The minimum absolute atomic E-state index is 0.221. The van der Waals surface area contributed by atoms with Crippen LogP contribution in [-0.2, 0) is 4.79 Å². The Kier molecular flexibility index (Phi) is 4.88. The van der Waals surface area contributed by atoms with Gasteiger partial charge in [0.25, 0.3) is 5.91 Å². The summed E-state index contributed by atoms with van der Waals surface area (Å²) in [5.41, 5.74) is 12.6. The summed E-state index contributed by atoms with van der Waals surface area (Å²) < 4.78 is 5.52. The molecule has 1 unspecified atom stereocenters. The van der Waals surface area contributed by atoms with Gasteiger partial charge < -0.3 is 16.2 Å². The van der Waals surface area contributed by atoms with E-state index >= 15 is 0 Å². The molecule has 6 nitrogen and oxygen atoms in total. The van der Waals surface area contributed by atoms with Gasteiger partial charge in [-0.3, -0.25) is 10.1 Å². The lowest BCUT2D eigenvalue weighted by molar-refractivity contribution is -0.126. The molecule has 104 valence electrons. The van der Waals surface area contributed by atoms with Crippen molar-refractivity contribution in [2.75, 3.05) is 0 Å². The molecule has 0 aliphatic rings. The standard InChI is InChI=1S/C13H19N3O3/c1-7-4-5-11(10(6-7)8(2)14)19-9(3)12(17)16-13(15)18/h4-6,8-9H,14H2,1-3H3,(H3,15,16,17,18)/t8-,9?/m0/s1. The van der Waals surface area contributed by atoms with Crippen LogP contribution < -0.4 is 21.5 Å². The second-order valence-electron chi connectivity index (χ2n) is 4.44. The first-order chi connectivity index (χ1) is 8.81. The van der Waals surface area contributed by atoms with E-state index in [0.29, 0.717) is 5.75 Å². The SMILES string of the molecule is Cc1ccc(OC(C)C(=O)NC(N)=O)c([C@H](C)N)c1. The van der Waals surface area contributed by atoms with Gasteiger partial charge in [-0.1, -0.05) is 17.7 Å². The fourth-order valence-electron chi connectivity index (χ4n) is 1.60. The van der Waals surface area contributed by atoms with Gasteiger partial charge in [-0.05, 0) is 26.8 Å². The zero-order chi connectivity index (χ0) is 14.6. The molecule has 1 aromatic carbocycles. The van der Waals surface area contributed by atoms with Gasteiger partial charge in [-0.25, -0.2) is 4.79 Å². The first kappa shape index (κ1) is 15.0. The van der Waals surface area contributed by atoms with Crippen molar-refractivity contribution in [3.63, 3.8) is 0 Å². The zero-order valence-electron chi connectivity index (χ0n) is 11.3. The molecule has 0 aliphatic heterocycles. The minimum atomic E-state index is -0.906. The van der Waals surface area contributed by atoms with Gasteiger partial charge in [0, 0.05) is 11.6 Å². The topological polar surface area (TPSA) is 107 Å². The largest absolute Gasteiger partial charge is 0.481 e. The number of ether oxygens (including phenoxy) is 1. The quantitative estimate of drug-likeness (QED) is 0.754. The summed E-state index contributed by atoms with van der Waals surface area (Å²) in [6.45, 7) is 5.30. The Balaban J connectivity index is 2.87. The van der Waals surface area contributed by atoms with E-state index in [9.17, 15) is 9.59 Å². The number of imide groups is 1. The number of aryl methyl sites for hydroxylation is 1. The van der Waals surface area contributed by atoms with Crippen LogP contribution in [0.5, 0.6) is 5.75 Å². The number of hydrogen-bond donors (Lipinski definition) is 3. The highest BCUT2D eigenvalue weighted by molar-refractivity contribution is 5.95. The number of benzene rings is 1. The van der Waals surface area contributed by atoms with E-state index < -0.39 is 18.0 Å². The molecule has 19 heavy (non-hydrogen) atoms. The van der Waals surface area contributed by atoms with Crippen LogP contribution in [0.2, 0.25) is 0 Å². The van der Waals surface area contributed by atoms with Gasteiger partial charge >= 0.3 is 6.03 Å².